The van der Waals surface area contributed by atoms with E-state index >= 15 is 0 Å². The predicted octanol–water partition coefficient (Wildman–Crippen LogP) is 2.38. The Bertz CT molecular complexity index is 1060. The Kier molecular flexibility index (Phi) is 3.61. The second kappa shape index (κ2) is 6.21. The molecule has 0 bridgehead atoms. The maximum atomic E-state index is 9.18. The van der Waals surface area contributed by atoms with Crippen LogP contribution >= 0.6 is 0 Å². The van der Waals surface area contributed by atoms with E-state index in [1.807, 2.05) is 36.4 Å². The van der Waals surface area contributed by atoms with E-state index in [9.17, 15) is 5.26 Å². The summed E-state index contributed by atoms with van der Waals surface area (Å²) in [6.07, 6.45) is 3.18. The molecule has 9 nitrogen and oxygen atoms in total. The molecule has 3 heterocycles. The second-order valence-corrected chi connectivity index (χ2v) is 4.97. The van der Waals surface area contributed by atoms with Gasteiger partial charge in [0.05, 0.1) is 0 Å². The fourth-order valence-corrected chi connectivity index (χ4v) is 2.21. The van der Waals surface area contributed by atoms with Crippen LogP contribution < -0.4 is 5.32 Å². The number of fused-ring (bicyclic) bond motifs is 1. The molecule has 0 saturated carbocycles. The molecule has 25 heavy (non-hydrogen) atoms. The smallest absolute Gasteiger partial charge is 0.228 e. The van der Waals surface area contributed by atoms with Crippen LogP contribution in [0.5, 0.6) is 0 Å². The molecule has 120 valence electrons. The first-order chi connectivity index (χ1) is 12.3. The third kappa shape index (κ3) is 2.91. The van der Waals surface area contributed by atoms with Crippen molar-refractivity contribution in [2.24, 2.45) is 0 Å². The summed E-state index contributed by atoms with van der Waals surface area (Å²) in [6, 6.07) is 13.1. The molecule has 0 unspecified atom stereocenters. The number of nitrogens with zero attached hydrogens (tertiary/aromatic N) is 6. The predicted molar refractivity (Wildman–Crippen MR) is 88.6 cm³/mol. The summed E-state index contributed by atoms with van der Waals surface area (Å²) >= 11 is 0. The Morgan fingerprint density at radius 3 is 3.04 bits per heavy atom. The average Bonchev–Trinajstić information content (AvgIpc) is 3.32. The molecular formula is C16H10N8O. The highest BCUT2D eigenvalue weighted by Crippen LogP contribution is 2.25. The minimum Gasteiger partial charge on any atom is -0.434 e. The molecule has 1 aromatic carbocycles. The number of H-pyrrole nitrogens is 1. The maximum Gasteiger partial charge on any atom is 0.228 e. The van der Waals surface area contributed by atoms with Crippen LogP contribution in [-0.4, -0.2) is 30.6 Å². The number of rotatable bonds is 4. The van der Waals surface area contributed by atoms with E-state index in [0.29, 0.717) is 17.1 Å². The first kappa shape index (κ1) is 14.5. The minimum absolute atomic E-state index is 0.219. The van der Waals surface area contributed by atoms with Gasteiger partial charge in [0.25, 0.3) is 0 Å². The number of aromatic amines is 1. The first-order valence-electron chi connectivity index (χ1n) is 7.26. The molecule has 4 rings (SSSR count). The van der Waals surface area contributed by atoms with Gasteiger partial charge in [-0.1, -0.05) is 6.07 Å². The highest BCUT2D eigenvalue weighted by molar-refractivity contribution is 5.75. The van der Waals surface area contributed by atoms with E-state index < -0.39 is 0 Å². The van der Waals surface area contributed by atoms with Gasteiger partial charge < -0.3 is 9.73 Å². The van der Waals surface area contributed by atoms with Gasteiger partial charge in [0, 0.05) is 23.6 Å². The Labute approximate surface area is 141 Å². The molecule has 0 spiro atoms. The lowest BCUT2D eigenvalue weighted by molar-refractivity contribution is 0.619. The van der Waals surface area contributed by atoms with Crippen molar-refractivity contribution >= 4 is 22.5 Å². The minimum atomic E-state index is 0.219. The molecule has 0 aliphatic heterocycles. The summed E-state index contributed by atoms with van der Waals surface area (Å²) < 4.78 is 5.71. The standard InChI is InChI=1S/C16H10N8O/c17-8-11(14-21-23-24-22-14)9-19-12-4-1-3-10(7-12)16-20-15-13(25-16)5-2-6-18-15/h1-7,9,19H,(H,21,22,23,24). The van der Waals surface area contributed by atoms with Crippen molar-refractivity contribution < 1.29 is 4.42 Å². The van der Waals surface area contributed by atoms with Crippen LogP contribution in [0.1, 0.15) is 5.82 Å². The Balaban J connectivity index is 1.62. The molecule has 0 amide bonds. The van der Waals surface area contributed by atoms with E-state index in [1.54, 1.807) is 12.3 Å². The number of benzene rings is 1. The van der Waals surface area contributed by atoms with Crippen LogP contribution in [0.15, 0.2) is 53.2 Å². The van der Waals surface area contributed by atoms with Crippen LogP contribution in [0.25, 0.3) is 28.3 Å². The summed E-state index contributed by atoms with van der Waals surface area (Å²) in [7, 11) is 0. The van der Waals surface area contributed by atoms with Gasteiger partial charge >= 0.3 is 0 Å². The molecule has 0 aliphatic rings. The molecule has 0 saturated heterocycles. The van der Waals surface area contributed by atoms with Gasteiger partial charge in [-0.3, -0.25) is 0 Å². The summed E-state index contributed by atoms with van der Waals surface area (Å²) in [6.45, 7) is 0. The molecule has 0 radical (unpaired) electrons. The van der Waals surface area contributed by atoms with Gasteiger partial charge in [-0.2, -0.15) is 15.5 Å². The van der Waals surface area contributed by atoms with Crippen LogP contribution in [0.3, 0.4) is 0 Å². The average molecular weight is 330 g/mol. The van der Waals surface area contributed by atoms with Gasteiger partial charge in [-0.25, -0.2) is 4.98 Å². The van der Waals surface area contributed by atoms with Crippen LogP contribution in [0.4, 0.5) is 5.69 Å². The molecule has 0 atom stereocenters. The third-order valence-corrected chi connectivity index (χ3v) is 3.36. The number of nitrogens with one attached hydrogen (secondary N) is 2. The monoisotopic (exact) mass is 330 g/mol. The van der Waals surface area contributed by atoms with Crippen LogP contribution in [-0.2, 0) is 0 Å². The lowest BCUT2D eigenvalue weighted by atomic mass is 10.2. The maximum absolute atomic E-state index is 9.18. The lowest BCUT2D eigenvalue weighted by Crippen LogP contribution is -1.93. The van der Waals surface area contributed by atoms with E-state index in [2.05, 4.69) is 35.9 Å². The number of hydrogen-bond donors (Lipinski definition) is 2. The number of tetrazole rings is 1. The molecule has 4 aromatic rings. The number of oxazole rings is 1. The van der Waals surface area contributed by atoms with Gasteiger partial charge in [-0.15, -0.1) is 10.2 Å². The normalized spacial score (nSPS) is 11.4. The van der Waals surface area contributed by atoms with E-state index in [4.69, 9.17) is 4.42 Å². The van der Waals surface area contributed by atoms with Gasteiger partial charge in [0.15, 0.2) is 11.2 Å². The summed E-state index contributed by atoms with van der Waals surface area (Å²) in [5.41, 5.74) is 2.97. The van der Waals surface area contributed by atoms with Crippen molar-refractivity contribution in [1.29, 1.82) is 5.26 Å². The van der Waals surface area contributed by atoms with E-state index in [-0.39, 0.29) is 11.4 Å². The lowest BCUT2D eigenvalue weighted by Gasteiger charge is -2.03. The zero-order chi connectivity index (χ0) is 17.1. The molecule has 0 fully saturated rings. The molecular weight excluding hydrogens is 320 g/mol. The van der Waals surface area contributed by atoms with E-state index in [1.165, 1.54) is 6.20 Å². The van der Waals surface area contributed by atoms with Crippen LogP contribution in [0, 0.1) is 11.3 Å². The van der Waals surface area contributed by atoms with Crippen molar-refractivity contribution in [2.45, 2.75) is 0 Å². The van der Waals surface area contributed by atoms with Crippen molar-refractivity contribution in [2.75, 3.05) is 5.32 Å². The van der Waals surface area contributed by atoms with Crippen molar-refractivity contribution in [3.8, 4) is 17.5 Å². The Morgan fingerprint density at radius 1 is 1.28 bits per heavy atom. The highest BCUT2D eigenvalue weighted by atomic mass is 16.3. The Morgan fingerprint density at radius 2 is 2.24 bits per heavy atom. The third-order valence-electron chi connectivity index (χ3n) is 3.36. The summed E-state index contributed by atoms with van der Waals surface area (Å²) in [5.74, 6) is 0.691. The SMILES string of the molecule is N#CC(=CNc1cccc(-c2nc3ncccc3o2)c1)c1nn[nH]n1. The summed E-state index contributed by atoms with van der Waals surface area (Å²) in [4.78, 5) is 8.53. The number of pyridine rings is 1. The first-order valence-corrected chi connectivity index (χ1v) is 7.26. The highest BCUT2D eigenvalue weighted by Gasteiger charge is 2.09. The number of allylic oxidation sites excluding steroid dienone is 1. The molecule has 9 heteroatoms. The topological polar surface area (TPSA) is 129 Å². The largest absolute Gasteiger partial charge is 0.434 e. The molecule has 2 N–H and O–H groups in total. The van der Waals surface area contributed by atoms with Gasteiger partial charge in [0.2, 0.25) is 11.7 Å². The van der Waals surface area contributed by atoms with Crippen molar-refractivity contribution in [3.05, 3.63) is 54.6 Å². The quantitative estimate of drug-likeness (QED) is 0.546. The Hall–Kier alpha value is -4.06. The fraction of sp³-hybridized carbons (Fsp3) is 0. The fourth-order valence-electron chi connectivity index (χ4n) is 2.21. The zero-order valence-corrected chi connectivity index (χ0v) is 12.7. The van der Waals surface area contributed by atoms with E-state index in [0.717, 1.165) is 11.3 Å². The molecule has 0 aliphatic carbocycles. The van der Waals surface area contributed by atoms with Crippen molar-refractivity contribution in [1.82, 2.24) is 30.6 Å². The van der Waals surface area contributed by atoms with Crippen molar-refractivity contribution in [3.63, 3.8) is 0 Å². The van der Waals surface area contributed by atoms with Gasteiger partial charge in [0.1, 0.15) is 11.6 Å². The number of nitriles is 1. The molecule has 3 aromatic heterocycles. The zero-order valence-electron chi connectivity index (χ0n) is 12.7. The van der Waals surface area contributed by atoms with Crippen LogP contribution in [0.2, 0.25) is 0 Å². The number of hydrogen-bond acceptors (Lipinski definition) is 8. The van der Waals surface area contributed by atoms with Gasteiger partial charge in [-0.05, 0) is 35.5 Å². The second-order valence-electron chi connectivity index (χ2n) is 4.97. The number of anilines is 1. The number of aromatic nitrogens is 6. The summed E-state index contributed by atoms with van der Waals surface area (Å²) in [5, 5.41) is 25.5.